The van der Waals surface area contributed by atoms with Crippen molar-refractivity contribution < 1.29 is 4.79 Å². The summed E-state index contributed by atoms with van der Waals surface area (Å²) in [6.45, 7) is 3.97. The number of aromatic nitrogens is 2. The van der Waals surface area contributed by atoms with E-state index in [9.17, 15) is 9.59 Å². The molecule has 2 aromatic carbocycles. The van der Waals surface area contributed by atoms with E-state index >= 15 is 0 Å². The summed E-state index contributed by atoms with van der Waals surface area (Å²) < 4.78 is 1.49. The number of hydrogen-bond donors (Lipinski definition) is 0. The van der Waals surface area contributed by atoms with Crippen LogP contribution in [0.2, 0.25) is 0 Å². The van der Waals surface area contributed by atoms with Crippen LogP contribution in [0.5, 0.6) is 0 Å². The predicted molar refractivity (Wildman–Crippen MR) is 86.3 cm³/mol. The maximum atomic E-state index is 12.5. The van der Waals surface area contributed by atoms with Gasteiger partial charge in [0.15, 0.2) is 5.69 Å². The highest BCUT2D eigenvalue weighted by atomic mass is 16.1. The molecule has 0 spiro atoms. The van der Waals surface area contributed by atoms with Crippen molar-refractivity contribution in [1.82, 2.24) is 9.55 Å². The Balaban J connectivity index is 2.28. The summed E-state index contributed by atoms with van der Waals surface area (Å²) in [7, 11) is 1.67. The number of benzene rings is 2. The van der Waals surface area contributed by atoms with Crippen LogP contribution in [0.4, 0.5) is 0 Å². The Morgan fingerprint density at radius 1 is 1.05 bits per heavy atom. The van der Waals surface area contributed by atoms with Crippen molar-refractivity contribution in [2.45, 2.75) is 13.8 Å². The van der Waals surface area contributed by atoms with Crippen molar-refractivity contribution in [3.05, 3.63) is 75.2 Å². The van der Waals surface area contributed by atoms with Gasteiger partial charge in [-0.15, -0.1) is 0 Å². The third-order valence-corrected chi connectivity index (χ3v) is 3.94. The topological polar surface area (TPSA) is 52.0 Å². The van der Waals surface area contributed by atoms with Crippen molar-refractivity contribution in [2.75, 3.05) is 0 Å². The molecule has 110 valence electrons. The number of nitrogens with zero attached hydrogens (tertiary/aromatic N) is 2. The summed E-state index contributed by atoms with van der Waals surface area (Å²) in [5, 5.41) is 0. The van der Waals surface area contributed by atoms with E-state index in [1.165, 1.54) is 4.57 Å². The Bertz CT molecular complexity index is 941. The van der Waals surface area contributed by atoms with E-state index < -0.39 is 0 Å². The van der Waals surface area contributed by atoms with Gasteiger partial charge < -0.3 is 4.57 Å². The van der Waals surface area contributed by atoms with Crippen LogP contribution in [-0.2, 0) is 7.05 Å². The molecule has 0 bridgehead atoms. The molecule has 0 unspecified atom stereocenters. The van der Waals surface area contributed by atoms with Crippen LogP contribution < -0.4 is 5.56 Å². The first kappa shape index (κ1) is 14.2. The highest BCUT2D eigenvalue weighted by Gasteiger charge is 2.18. The van der Waals surface area contributed by atoms with Crippen LogP contribution in [0.15, 0.2) is 47.3 Å². The van der Waals surface area contributed by atoms with Crippen LogP contribution in [0.25, 0.3) is 11.0 Å². The number of carbonyl (C=O) groups is 1. The molecule has 0 aliphatic rings. The molecule has 1 aromatic heterocycles. The fourth-order valence-corrected chi connectivity index (χ4v) is 2.45. The molecule has 0 fully saturated rings. The molecule has 0 aliphatic carbocycles. The Kier molecular flexibility index (Phi) is 3.37. The molecule has 0 radical (unpaired) electrons. The van der Waals surface area contributed by atoms with Crippen LogP contribution in [0.3, 0.4) is 0 Å². The summed E-state index contributed by atoms with van der Waals surface area (Å²) >= 11 is 0. The first-order valence-corrected chi connectivity index (χ1v) is 7.07. The number of hydrogen-bond acceptors (Lipinski definition) is 3. The first-order valence-electron chi connectivity index (χ1n) is 7.07. The molecule has 0 saturated heterocycles. The molecule has 0 N–H and O–H groups in total. The van der Waals surface area contributed by atoms with Crippen LogP contribution in [0.1, 0.15) is 27.2 Å². The molecule has 4 heteroatoms. The second-order valence-electron chi connectivity index (χ2n) is 5.44. The molecule has 4 nitrogen and oxygen atoms in total. The maximum Gasteiger partial charge on any atom is 0.280 e. The third-order valence-electron chi connectivity index (χ3n) is 3.94. The number of fused-ring (bicyclic) bond motifs is 1. The van der Waals surface area contributed by atoms with Crippen molar-refractivity contribution in [3.63, 3.8) is 0 Å². The van der Waals surface area contributed by atoms with Gasteiger partial charge in [-0.25, -0.2) is 4.98 Å². The zero-order chi connectivity index (χ0) is 15.9. The minimum atomic E-state index is -0.371. The molecule has 22 heavy (non-hydrogen) atoms. The highest BCUT2D eigenvalue weighted by molar-refractivity contribution is 6.08. The van der Waals surface area contributed by atoms with E-state index in [1.807, 2.05) is 32.0 Å². The van der Waals surface area contributed by atoms with Gasteiger partial charge in [0.25, 0.3) is 5.56 Å². The predicted octanol–water partition coefficient (Wildman–Crippen LogP) is 2.78. The monoisotopic (exact) mass is 292 g/mol. The van der Waals surface area contributed by atoms with Gasteiger partial charge in [0.1, 0.15) is 0 Å². The first-order chi connectivity index (χ1) is 10.5. The second-order valence-corrected chi connectivity index (χ2v) is 5.44. The lowest BCUT2D eigenvalue weighted by Gasteiger charge is -2.10. The summed E-state index contributed by atoms with van der Waals surface area (Å²) in [6, 6.07) is 12.6. The largest absolute Gasteiger partial charge is 0.308 e. The smallest absolute Gasteiger partial charge is 0.280 e. The molecular formula is C18H16N2O2. The lowest BCUT2D eigenvalue weighted by atomic mass is 10.1. The maximum absolute atomic E-state index is 12.5. The molecule has 0 atom stereocenters. The Morgan fingerprint density at radius 3 is 2.36 bits per heavy atom. The van der Waals surface area contributed by atoms with Gasteiger partial charge in [-0.2, -0.15) is 0 Å². The van der Waals surface area contributed by atoms with E-state index in [4.69, 9.17) is 0 Å². The van der Waals surface area contributed by atoms with Gasteiger partial charge in [0.05, 0.1) is 11.0 Å². The summed E-state index contributed by atoms with van der Waals surface area (Å²) in [5.74, 6) is -0.346. The van der Waals surface area contributed by atoms with E-state index in [-0.39, 0.29) is 17.0 Å². The zero-order valence-electron chi connectivity index (χ0n) is 12.8. The Morgan fingerprint density at radius 2 is 1.68 bits per heavy atom. The van der Waals surface area contributed by atoms with Gasteiger partial charge in [0.2, 0.25) is 5.78 Å². The lowest BCUT2D eigenvalue weighted by Crippen LogP contribution is -2.27. The summed E-state index contributed by atoms with van der Waals surface area (Å²) in [6.07, 6.45) is 0. The molecule has 0 amide bonds. The van der Waals surface area contributed by atoms with Crippen molar-refractivity contribution in [1.29, 1.82) is 0 Å². The molecule has 0 saturated carbocycles. The SMILES string of the molecule is Cc1cc2nc(C(=O)c3ccccc3)c(=O)n(C)c2cc1C. The normalized spacial score (nSPS) is 10.9. The molecule has 0 aliphatic heterocycles. The van der Waals surface area contributed by atoms with Gasteiger partial charge in [-0.05, 0) is 37.1 Å². The average Bonchev–Trinajstić information content (AvgIpc) is 2.53. The van der Waals surface area contributed by atoms with Crippen molar-refractivity contribution in [2.24, 2.45) is 7.05 Å². The zero-order valence-corrected chi connectivity index (χ0v) is 12.8. The number of ketones is 1. The third kappa shape index (κ3) is 2.22. The fraction of sp³-hybridized carbons (Fsp3) is 0.167. The number of rotatable bonds is 2. The van der Waals surface area contributed by atoms with Crippen LogP contribution in [-0.4, -0.2) is 15.3 Å². The van der Waals surface area contributed by atoms with Crippen molar-refractivity contribution >= 4 is 16.8 Å². The lowest BCUT2D eigenvalue weighted by molar-refractivity contribution is 0.103. The number of carbonyl (C=O) groups excluding carboxylic acids is 1. The minimum Gasteiger partial charge on any atom is -0.308 e. The number of aryl methyl sites for hydroxylation is 3. The quantitative estimate of drug-likeness (QED) is 0.682. The molecule has 3 rings (SSSR count). The standard InChI is InChI=1S/C18H16N2O2/c1-11-9-14-15(10-12(11)2)20(3)18(22)16(19-14)17(21)13-7-5-4-6-8-13/h4-10H,1-3H3. The van der Waals surface area contributed by atoms with E-state index in [0.717, 1.165) is 16.6 Å². The Hall–Kier alpha value is -2.75. The van der Waals surface area contributed by atoms with E-state index in [2.05, 4.69) is 4.98 Å². The van der Waals surface area contributed by atoms with Gasteiger partial charge in [-0.1, -0.05) is 30.3 Å². The van der Waals surface area contributed by atoms with Crippen molar-refractivity contribution in [3.8, 4) is 0 Å². The van der Waals surface area contributed by atoms with Crippen LogP contribution in [0, 0.1) is 13.8 Å². The molecule has 3 aromatic rings. The fourth-order valence-electron chi connectivity index (χ4n) is 2.45. The summed E-state index contributed by atoms with van der Waals surface area (Å²) in [5.41, 5.74) is 3.62. The molecular weight excluding hydrogens is 276 g/mol. The minimum absolute atomic E-state index is 0.0375. The second kappa shape index (κ2) is 5.22. The van der Waals surface area contributed by atoms with Gasteiger partial charge in [-0.3, -0.25) is 9.59 Å². The highest BCUT2D eigenvalue weighted by Crippen LogP contribution is 2.17. The van der Waals surface area contributed by atoms with Crippen LogP contribution >= 0.6 is 0 Å². The van der Waals surface area contributed by atoms with E-state index in [1.54, 1.807) is 31.3 Å². The van der Waals surface area contributed by atoms with Gasteiger partial charge in [0, 0.05) is 12.6 Å². The molecule has 1 heterocycles. The van der Waals surface area contributed by atoms with Gasteiger partial charge >= 0.3 is 0 Å². The Labute approximate surface area is 128 Å². The average molecular weight is 292 g/mol. The summed E-state index contributed by atoms with van der Waals surface area (Å²) in [4.78, 5) is 29.3. The van der Waals surface area contributed by atoms with E-state index in [0.29, 0.717) is 11.1 Å².